The smallest absolute Gasteiger partial charge is 0.224 e. The van der Waals surface area contributed by atoms with Gasteiger partial charge in [0, 0.05) is 32.2 Å². The largest absolute Gasteiger partial charge is 0.492 e. The van der Waals surface area contributed by atoms with E-state index < -0.39 is 0 Å². The van der Waals surface area contributed by atoms with Gasteiger partial charge in [0.15, 0.2) is 5.96 Å². The lowest BCUT2D eigenvalue weighted by Gasteiger charge is -2.22. The summed E-state index contributed by atoms with van der Waals surface area (Å²) >= 11 is 0. The minimum atomic E-state index is 0.0775. The van der Waals surface area contributed by atoms with E-state index in [4.69, 9.17) is 4.74 Å². The molecular formula is C20H30N4O2. The number of amides is 1. The number of carbonyl (C=O) groups excluding carboxylic acids is 1. The highest BCUT2D eigenvalue weighted by Crippen LogP contribution is 2.26. The van der Waals surface area contributed by atoms with Gasteiger partial charge in [0.25, 0.3) is 0 Å². The lowest BCUT2D eigenvalue weighted by atomic mass is 10.0. The van der Waals surface area contributed by atoms with Crippen LogP contribution in [0, 0.1) is 0 Å². The van der Waals surface area contributed by atoms with Gasteiger partial charge in [-0.2, -0.15) is 0 Å². The third kappa shape index (κ3) is 6.10. The van der Waals surface area contributed by atoms with Crippen molar-refractivity contribution in [2.75, 3.05) is 38.6 Å². The summed E-state index contributed by atoms with van der Waals surface area (Å²) in [5.74, 6) is 1.79. The van der Waals surface area contributed by atoms with E-state index in [0.717, 1.165) is 55.3 Å². The van der Waals surface area contributed by atoms with Gasteiger partial charge in [0.1, 0.15) is 12.4 Å². The summed E-state index contributed by atoms with van der Waals surface area (Å²) in [5, 5.41) is 6.19. The number of rotatable bonds is 9. The normalized spacial score (nSPS) is 13.6. The van der Waals surface area contributed by atoms with Crippen molar-refractivity contribution in [2.24, 2.45) is 4.99 Å². The van der Waals surface area contributed by atoms with Crippen LogP contribution in [0.1, 0.15) is 31.7 Å². The molecule has 0 atom stereocenters. The fourth-order valence-corrected chi connectivity index (χ4v) is 2.81. The van der Waals surface area contributed by atoms with E-state index in [1.165, 1.54) is 0 Å². The first-order valence-electron chi connectivity index (χ1n) is 9.30. The molecule has 0 saturated carbocycles. The second-order valence-electron chi connectivity index (χ2n) is 6.30. The molecule has 0 aromatic heterocycles. The highest BCUT2D eigenvalue weighted by Gasteiger charge is 2.14. The van der Waals surface area contributed by atoms with E-state index in [2.05, 4.69) is 34.0 Å². The topological polar surface area (TPSA) is 66.0 Å². The lowest BCUT2D eigenvalue weighted by molar-refractivity contribution is -0.116. The molecule has 2 rings (SSSR count). The number of anilines is 1. The van der Waals surface area contributed by atoms with E-state index in [1.54, 1.807) is 0 Å². The molecule has 0 aliphatic carbocycles. The van der Waals surface area contributed by atoms with Crippen LogP contribution in [-0.2, 0) is 11.2 Å². The maximum atomic E-state index is 11.4. The molecule has 1 aromatic carbocycles. The van der Waals surface area contributed by atoms with Gasteiger partial charge in [-0.3, -0.25) is 4.79 Å². The van der Waals surface area contributed by atoms with Gasteiger partial charge in [-0.1, -0.05) is 6.08 Å². The molecule has 26 heavy (non-hydrogen) atoms. The van der Waals surface area contributed by atoms with E-state index in [-0.39, 0.29) is 5.91 Å². The van der Waals surface area contributed by atoms with Crippen LogP contribution in [0.25, 0.3) is 0 Å². The predicted molar refractivity (Wildman–Crippen MR) is 107 cm³/mol. The highest BCUT2D eigenvalue weighted by atomic mass is 16.5. The molecule has 0 radical (unpaired) electrons. The van der Waals surface area contributed by atoms with Crippen LogP contribution in [0.4, 0.5) is 5.69 Å². The fraction of sp³-hybridized carbons (Fsp3) is 0.500. The fourth-order valence-electron chi connectivity index (χ4n) is 2.81. The van der Waals surface area contributed by atoms with E-state index in [9.17, 15) is 4.79 Å². The van der Waals surface area contributed by atoms with Crippen LogP contribution in [0.2, 0.25) is 0 Å². The molecule has 0 bridgehead atoms. The van der Waals surface area contributed by atoms with Gasteiger partial charge in [-0.05, 0) is 49.9 Å². The van der Waals surface area contributed by atoms with Crippen molar-refractivity contribution >= 4 is 17.6 Å². The Morgan fingerprint density at radius 1 is 1.46 bits per heavy atom. The zero-order valence-corrected chi connectivity index (χ0v) is 15.9. The first-order chi connectivity index (χ1) is 12.6. The maximum Gasteiger partial charge on any atom is 0.224 e. The third-order valence-electron chi connectivity index (χ3n) is 4.19. The number of nitrogens with one attached hydrogen (secondary N) is 2. The molecule has 0 saturated heterocycles. The van der Waals surface area contributed by atoms with Gasteiger partial charge < -0.3 is 20.3 Å². The zero-order chi connectivity index (χ0) is 18.8. The molecule has 0 spiro atoms. The molecule has 6 heteroatoms. The van der Waals surface area contributed by atoms with E-state index in [0.29, 0.717) is 19.6 Å². The van der Waals surface area contributed by atoms with Crippen molar-refractivity contribution in [1.82, 2.24) is 10.2 Å². The van der Waals surface area contributed by atoms with Crippen LogP contribution < -0.4 is 15.4 Å². The van der Waals surface area contributed by atoms with Crippen LogP contribution in [0.15, 0.2) is 35.8 Å². The van der Waals surface area contributed by atoms with Gasteiger partial charge in [0.05, 0.1) is 6.54 Å². The lowest BCUT2D eigenvalue weighted by Crippen LogP contribution is -2.39. The van der Waals surface area contributed by atoms with Crippen molar-refractivity contribution in [3.05, 3.63) is 36.4 Å². The maximum absolute atomic E-state index is 11.4. The molecule has 1 aliphatic rings. The minimum absolute atomic E-state index is 0.0775. The number of fused-ring (bicyclic) bond motifs is 1. The minimum Gasteiger partial charge on any atom is -0.492 e. The number of allylic oxidation sites excluding steroid dienone is 1. The average Bonchev–Trinajstić information content (AvgIpc) is 2.64. The Labute approximate surface area is 156 Å². The zero-order valence-electron chi connectivity index (χ0n) is 15.9. The van der Waals surface area contributed by atoms with Gasteiger partial charge in [-0.15, -0.1) is 6.58 Å². The number of hydrogen-bond acceptors (Lipinski definition) is 3. The van der Waals surface area contributed by atoms with Gasteiger partial charge in [-0.25, -0.2) is 4.99 Å². The number of nitrogens with zero attached hydrogens (tertiary/aromatic N) is 2. The third-order valence-corrected chi connectivity index (χ3v) is 4.19. The number of aliphatic imine (C=N–C) groups is 1. The second kappa shape index (κ2) is 10.5. The van der Waals surface area contributed by atoms with Gasteiger partial charge >= 0.3 is 0 Å². The van der Waals surface area contributed by atoms with Crippen LogP contribution >= 0.6 is 0 Å². The summed E-state index contributed by atoms with van der Waals surface area (Å²) in [6, 6.07) is 5.80. The molecule has 0 fully saturated rings. The van der Waals surface area contributed by atoms with E-state index >= 15 is 0 Å². The number of benzene rings is 1. The molecule has 0 unspecified atom stereocenters. The predicted octanol–water partition coefficient (Wildman–Crippen LogP) is 2.81. The van der Waals surface area contributed by atoms with Crippen molar-refractivity contribution < 1.29 is 9.53 Å². The van der Waals surface area contributed by atoms with Crippen molar-refractivity contribution in [3.63, 3.8) is 0 Å². The molecule has 1 amide bonds. The molecular weight excluding hydrogens is 328 g/mol. The number of guanidine groups is 1. The Balaban J connectivity index is 1.83. The van der Waals surface area contributed by atoms with Crippen molar-refractivity contribution in [1.29, 1.82) is 0 Å². The SMILES string of the molecule is C=CCCCN(C)C(=NCCOc1ccc2c(c1)CCC(=O)N2)NCC. The quantitative estimate of drug-likeness (QED) is 0.308. The highest BCUT2D eigenvalue weighted by molar-refractivity contribution is 5.94. The molecule has 142 valence electrons. The monoisotopic (exact) mass is 358 g/mol. The first kappa shape index (κ1) is 19.8. The van der Waals surface area contributed by atoms with E-state index in [1.807, 2.05) is 31.3 Å². The number of hydrogen-bond donors (Lipinski definition) is 2. The number of aryl methyl sites for hydroxylation is 1. The van der Waals surface area contributed by atoms with Crippen LogP contribution in [0.3, 0.4) is 0 Å². The summed E-state index contributed by atoms with van der Waals surface area (Å²) in [5.41, 5.74) is 2.02. The Hall–Kier alpha value is -2.50. The number of ether oxygens (including phenoxy) is 1. The van der Waals surface area contributed by atoms with Crippen molar-refractivity contribution in [2.45, 2.75) is 32.6 Å². The Bertz CT molecular complexity index is 643. The molecule has 1 aromatic rings. The summed E-state index contributed by atoms with van der Waals surface area (Å²) in [7, 11) is 2.04. The van der Waals surface area contributed by atoms with Gasteiger partial charge in [0.2, 0.25) is 5.91 Å². The second-order valence-corrected chi connectivity index (χ2v) is 6.30. The Morgan fingerprint density at radius 2 is 2.31 bits per heavy atom. The summed E-state index contributed by atoms with van der Waals surface area (Å²) < 4.78 is 5.83. The Kier molecular flexibility index (Phi) is 7.99. The Morgan fingerprint density at radius 3 is 3.08 bits per heavy atom. The summed E-state index contributed by atoms with van der Waals surface area (Å²) in [4.78, 5) is 18.2. The summed E-state index contributed by atoms with van der Waals surface area (Å²) in [6.45, 7) is 8.70. The van der Waals surface area contributed by atoms with Crippen LogP contribution in [-0.4, -0.2) is 50.1 Å². The molecule has 6 nitrogen and oxygen atoms in total. The first-order valence-corrected chi connectivity index (χ1v) is 9.30. The number of unbranched alkanes of at least 4 members (excludes halogenated alkanes) is 1. The summed E-state index contributed by atoms with van der Waals surface area (Å²) in [6.07, 6.45) is 5.30. The molecule has 2 N–H and O–H groups in total. The number of carbonyl (C=O) groups is 1. The van der Waals surface area contributed by atoms with Crippen molar-refractivity contribution in [3.8, 4) is 5.75 Å². The average molecular weight is 358 g/mol. The molecule has 1 aliphatic heterocycles. The van der Waals surface area contributed by atoms with Crippen LogP contribution in [0.5, 0.6) is 5.75 Å². The molecule has 1 heterocycles. The standard InChI is InChI=1S/C20H30N4O2/c1-4-6-7-13-24(3)20(21-5-2)22-12-14-26-17-9-10-18-16(15-17)8-11-19(25)23-18/h4,9-10,15H,1,5-8,11-14H2,2-3H3,(H,21,22)(H,23,25).